The van der Waals surface area contributed by atoms with Crippen LogP contribution in [0.15, 0.2) is 36.4 Å². The highest BCUT2D eigenvalue weighted by Crippen LogP contribution is 2.45. The van der Waals surface area contributed by atoms with E-state index >= 15 is 0 Å². The molecular formula is C28H38ClNO3Si. The van der Waals surface area contributed by atoms with Gasteiger partial charge in [0, 0.05) is 24.4 Å². The summed E-state index contributed by atoms with van der Waals surface area (Å²) in [5.74, 6) is 2.53. The molecule has 0 unspecified atom stereocenters. The third-order valence-electron chi connectivity index (χ3n) is 7.46. The Labute approximate surface area is 210 Å². The van der Waals surface area contributed by atoms with Crippen LogP contribution in [0.25, 0.3) is 5.57 Å². The topological polar surface area (TPSA) is 40.6 Å². The Balaban J connectivity index is 1.71. The molecule has 1 saturated carbocycles. The van der Waals surface area contributed by atoms with Crippen LogP contribution in [0.3, 0.4) is 0 Å². The number of pyridine rings is 1. The molecule has 1 aliphatic heterocycles. The highest BCUT2D eigenvalue weighted by Gasteiger charge is 2.39. The zero-order chi connectivity index (χ0) is 24.5. The van der Waals surface area contributed by atoms with Crippen LogP contribution in [-0.2, 0) is 4.74 Å². The maximum atomic E-state index is 6.80. The van der Waals surface area contributed by atoms with Gasteiger partial charge in [-0.2, -0.15) is 0 Å². The van der Waals surface area contributed by atoms with Crippen molar-refractivity contribution in [2.24, 2.45) is 5.92 Å². The number of methoxy groups -OCH3 is 1. The SMILES string of the molecule is COc1nc(/C(=C/C2CCOCC2)c2ccc(O[Si](C)(C)C(C)(C)C)c(Cl)c2)ccc1C1CC1. The van der Waals surface area contributed by atoms with E-state index in [9.17, 15) is 0 Å². The normalized spacial score (nSPS) is 18.1. The predicted molar refractivity (Wildman–Crippen MR) is 143 cm³/mol. The third-order valence-corrected chi connectivity index (χ3v) is 12.1. The Hall–Kier alpha value is -1.82. The standard InChI is InChI=1S/C28H38ClNO3Si/c1-28(2,3)34(5,6)33-26-12-9-21(18-24(26)29)23(17-19-13-15-32-16-14-19)25-11-10-22(20-7-8-20)27(30-25)31-4/h9-12,17-20H,7-8,13-16H2,1-6H3/b23-17+. The summed E-state index contributed by atoms with van der Waals surface area (Å²) >= 11 is 6.80. The smallest absolute Gasteiger partial charge is 0.250 e. The Bertz CT molecular complexity index is 1050. The molecule has 2 aromatic rings. The first kappa shape index (κ1) is 25.3. The molecule has 1 saturated heterocycles. The van der Waals surface area contributed by atoms with Gasteiger partial charge in [0.1, 0.15) is 5.75 Å². The summed E-state index contributed by atoms with van der Waals surface area (Å²) < 4.78 is 17.8. The molecule has 2 aliphatic rings. The average molecular weight is 500 g/mol. The zero-order valence-corrected chi connectivity index (χ0v) is 23.2. The quantitative estimate of drug-likeness (QED) is 0.363. The molecule has 0 radical (unpaired) electrons. The minimum atomic E-state index is -1.99. The number of halogens is 1. The maximum absolute atomic E-state index is 6.80. The van der Waals surface area contributed by atoms with Gasteiger partial charge in [0.15, 0.2) is 0 Å². The van der Waals surface area contributed by atoms with Crippen molar-refractivity contribution < 1.29 is 13.9 Å². The van der Waals surface area contributed by atoms with Gasteiger partial charge in [-0.25, -0.2) is 4.98 Å². The van der Waals surface area contributed by atoms with Crippen LogP contribution in [-0.4, -0.2) is 33.6 Å². The molecule has 184 valence electrons. The molecule has 2 heterocycles. The fourth-order valence-electron chi connectivity index (χ4n) is 4.10. The molecule has 0 bridgehead atoms. The summed E-state index contributed by atoms with van der Waals surface area (Å²) in [6.07, 6.45) is 6.81. The molecule has 4 nitrogen and oxygen atoms in total. The first-order valence-electron chi connectivity index (χ1n) is 12.4. The molecule has 0 spiro atoms. The molecule has 1 aromatic carbocycles. The number of rotatable bonds is 7. The molecule has 1 aliphatic carbocycles. The highest BCUT2D eigenvalue weighted by molar-refractivity contribution is 6.74. The molecule has 0 amide bonds. The van der Waals surface area contributed by atoms with E-state index in [0.717, 1.165) is 54.5 Å². The molecule has 1 aromatic heterocycles. The van der Waals surface area contributed by atoms with Crippen LogP contribution in [0.5, 0.6) is 11.6 Å². The van der Waals surface area contributed by atoms with Crippen LogP contribution >= 0.6 is 11.6 Å². The summed E-state index contributed by atoms with van der Waals surface area (Å²) in [6.45, 7) is 12.8. The number of aromatic nitrogens is 1. The molecule has 6 heteroatoms. The fourth-order valence-corrected chi connectivity index (χ4v) is 5.41. The van der Waals surface area contributed by atoms with Gasteiger partial charge < -0.3 is 13.9 Å². The Morgan fingerprint density at radius 2 is 1.79 bits per heavy atom. The van der Waals surface area contributed by atoms with Gasteiger partial charge in [-0.1, -0.05) is 50.6 Å². The van der Waals surface area contributed by atoms with Crippen LogP contribution in [0.1, 0.15) is 69.2 Å². The summed E-state index contributed by atoms with van der Waals surface area (Å²) in [5.41, 5.74) is 4.27. The van der Waals surface area contributed by atoms with E-state index in [1.807, 2.05) is 12.1 Å². The van der Waals surface area contributed by atoms with Gasteiger partial charge in [0.05, 0.1) is 17.8 Å². The largest absolute Gasteiger partial charge is 0.543 e. The van der Waals surface area contributed by atoms with Crippen molar-refractivity contribution in [3.05, 3.63) is 58.3 Å². The molecule has 0 N–H and O–H groups in total. The van der Waals surface area contributed by atoms with E-state index in [2.05, 4.69) is 58.1 Å². The minimum absolute atomic E-state index is 0.104. The lowest BCUT2D eigenvalue weighted by atomic mass is 9.92. The van der Waals surface area contributed by atoms with Crippen LogP contribution in [0, 0.1) is 5.92 Å². The number of hydrogen-bond donors (Lipinski definition) is 0. The van der Waals surface area contributed by atoms with E-state index < -0.39 is 8.32 Å². The van der Waals surface area contributed by atoms with E-state index in [0.29, 0.717) is 16.9 Å². The summed E-state index contributed by atoms with van der Waals surface area (Å²) in [4.78, 5) is 4.95. The van der Waals surface area contributed by atoms with Gasteiger partial charge in [-0.3, -0.25) is 0 Å². The van der Waals surface area contributed by atoms with E-state index in [1.54, 1.807) is 7.11 Å². The lowest BCUT2D eigenvalue weighted by Gasteiger charge is -2.36. The Morgan fingerprint density at radius 1 is 1.09 bits per heavy atom. The Morgan fingerprint density at radius 3 is 2.38 bits per heavy atom. The number of nitrogens with zero attached hydrogens (tertiary/aromatic N) is 1. The predicted octanol–water partition coefficient (Wildman–Crippen LogP) is 7.86. The second-order valence-corrected chi connectivity index (χ2v) is 16.2. The van der Waals surface area contributed by atoms with Gasteiger partial charge >= 0.3 is 0 Å². The van der Waals surface area contributed by atoms with Gasteiger partial charge in [0.25, 0.3) is 8.32 Å². The fraction of sp³-hybridized carbons (Fsp3) is 0.536. The second kappa shape index (κ2) is 10.0. The van der Waals surface area contributed by atoms with Crippen molar-refractivity contribution in [3.8, 4) is 11.6 Å². The number of benzene rings is 1. The summed E-state index contributed by atoms with van der Waals surface area (Å²) in [5, 5.41) is 0.745. The first-order chi connectivity index (χ1) is 16.1. The molecular weight excluding hydrogens is 462 g/mol. The first-order valence-corrected chi connectivity index (χ1v) is 15.7. The maximum Gasteiger partial charge on any atom is 0.250 e. The lowest BCUT2D eigenvalue weighted by Crippen LogP contribution is -2.43. The van der Waals surface area contributed by atoms with Gasteiger partial charge in [0.2, 0.25) is 5.88 Å². The van der Waals surface area contributed by atoms with Gasteiger partial charge in [-0.15, -0.1) is 0 Å². The molecule has 4 rings (SSSR count). The van der Waals surface area contributed by atoms with Crippen molar-refractivity contribution in [2.75, 3.05) is 20.3 Å². The number of allylic oxidation sites excluding steroid dienone is 1. The average Bonchev–Trinajstić information content (AvgIpc) is 3.64. The third kappa shape index (κ3) is 5.69. The molecule has 34 heavy (non-hydrogen) atoms. The van der Waals surface area contributed by atoms with Crippen LogP contribution in [0.4, 0.5) is 0 Å². The monoisotopic (exact) mass is 499 g/mol. The van der Waals surface area contributed by atoms with Crippen molar-refractivity contribution >= 4 is 25.5 Å². The van der Waals surface area contributed by atoms with Crippen molar-refractivity contribution in [1.29, 1.82) is 0 Å². The molecule has 2 fully saturated rings. The summed E-state index contributed by atoms with van der Waals surface area (Å²) in [6, 6.07) is 10.5. The van der Waals surface area contributed by atoms with Crippen molar-refractivity contribution in [3.63, 3.8) is 0 Å². The number of hydrogen-bond acceptors (Lipinski definition) is 4. The number of ether oxygens (including phenoxy) is 2. The minimum Gasteiger partial charge on any atom is -0.543 e. The van der Waals surface area contributed by atoms with Crippen molar-refractivity contribution in [1.82, 2.24) is 4.98 Å². The zero-order valence-electron chi connectivity index (χ0n) is 21.4. The van der Waals surface area contributed by atoms with E-state index in [1.165, 1.54) is 18.4 Å². The lowest BCUT2D eigenvalue weighted by molar-refractivity contribution is 0.0786. The summed E-state index contributed by atoms with van der Waals surface area (Å²) in [7, 11) is -0.274. The van der Waals surface area contributed by atoms with Crippen LogP contribution in [0.2, 0.25) is 23.2 Å². The van der Waals surface area contributed by atoms with E-state index in [4.69, 9.17) is 30.5 Å². The second-order valence-electron chi connectivity index (χ2n) is 11.1. The highest BCUT2D eigenvalue weighted by atomic mass is 35.5. The van der Waals surface area contributed by atoms with Crippen molar-refractivity contribution in [2.45, 2.75) is 70.5 Å². The molecule has 0 atom stereocenters. The van der Waals surface area contributed by atoms with Gasteiger partial charge in [-0.05, 0) is 79.4 Å². The Kier molecular flexibility index (Phi) is 7.46. The van der Waals surface area contributed by atoms with Crippen LogP contribution < -0.4 is 9.16 Å². The van der Waals surface area contributed by atoms with E-state index in [-0.39, 0.29) is 5.04 Å².